The first-order valence-corrected chi connectivity index (χ1v) is 8.50. The molecule has 0 radical (unpaired) electrons. The van der Waals surface area contributed by atoms with Crippen molar-refractivity contribution in [2.24, 2.45) is 5.92 Å². The van der Waals surface area contributed by atoms with Gasteiger partial charge in [-0.05, 0) is 44.6 Å². The SMILES string of the molecule is CCc1nnc(NC2CCCCC2C2CCCN2)s1. The molecule has 19 heavy (non-hydrogen) atoms. The maximum atomic E-state index is 4.28. The highest BCUT2D eigenvalue weighted by molar-refractivity contribution is 7.15. The zero-order valence-corrected chi connectivity index (χ0v) is 12.5. The van der Waals surface area contributed by atoms with Crippen LogP contribution in [0.4, 0.5) is 5.13 Å². The van der Waals surface area contributed by atoms with Crippen molar-refractivity contribution < 1.29 is 0 Å². The Bertz CT molecular complexity index is 400. The molecule has 1 saturated heterocycles. The van der Waals surface area contributed by atoms with E-state index in [-0.39, 0.29) is 0 Å². The summed E-state index contributed by atoms with van der Waals surface area (Å²) in [7, 11) is 0. The van der Waals surface area contributed by atoms with E-state index in [2.05, 4.69) is 27.8 Å². The molecule has 1 aliphatic heterocycles. The Balaban J connectivity index is 1.65. The molecule has 4 nitrogen and oxygen atoms in total. The molecule has 3 rings (SSSR count). The van der Waals surface area contributed by atoms with Gasteiger partial charge in [0.15, 0.2) is 0 Å². The molecule has 0 spiro atoms. The van der Waals surface area contributed by atoms with Gasteiger partial charge in [-0.15, -0.1) is 10.2 Å². The van der Waals surface area contributed by atoms with Crippen molar-refractivity contribution in [2.75, 3.05) is 11.9 Å². The number of aromatic nitrogens is 2. The Morgan fingerprint density at radius 3 is 2.84 bits per heavy atom. The zero-order chi connectivity index (χ0) is 13.1. The van der Waals surface area contributed by atoms with Gasteiger partial charge in [-0.3, -0.25) is 0 Å². The molecule has 1 saturated carbocycles. The minimum atomic E-state index is 0.585. The highest BCUT2D eigenvalue weighted by Gasteiger charge is 2.33. The second kappa shape index (κ2) is 6.18. The van der Waals surface area contributed by atoms with Crippen LogP contribution in [0.15, 0.2) is 0 Å². The van der Waals surface area contributed by atoms with Gasteiger partial charge in [0.2, 0.25) is 5.13 Å². The molecule has 106 valence electrons. The molecule has 1 aromatic rings. The van der Waals surface area contributed by atoms with Gasteiger partial charge in [0.1, 0.15) is 5.01 Å². The first kappa shape index (κ1) is 13.3. The van der Waals surface area contributed by atoms with Crippen molar-refractivity contribution in [1.29, 1.82) is 0 Å². The minimum Gasteiger partial charge on any atom is -0.357 e. The fourth-order valence-corrected chi connectivity index (χ4v) is 4.25. The van der Waals surface area contributed by atoms with Crippen molar-refractivity contribution in [2.45, 2.75) is 64.0 Å². The van der Waals surface area contributed by atoms with Crippen LogP contribution in [0, 0.1) is 5.92 Å². The molecular formula is C14H24N4S. The Morgan fingerprint density at radius 2 is 2.11 bits per heavy atom. The van der Waals surface area contributed by atoms with E-state index in [0.29, 0.717) is 6.04 Å². The molecule has 2 fully saturated rings. The van der Waals surface area contributed by atoms with E-state index < -0.39 is 0 Å². The topological polar surface area (TPSA) is 49.8 Å². The molecule has 0 bridgehead atoms. The monoisotopic (exact) mass is 280 g/mol. The van der Waals surface area contributed by atoms with Gasteiger partial charge in [-0.2, -0.15) is 0 Å². The summed E-state index contributed by atoms with van der Waals surface area (Å²) >= 11 is 1.72. The number of rotatable bonds is 4. The number of anilines is 1. The summed E-state index contributed by atoms with van der Waals surface area (Å²) < 4.78 is 0. The highest BCUT2D eigenvalue weighted by atomic mass is 32.1. The lowest BCUT2D eigenvalue weighted by atomic mass is 9.79. The molecule has 3 unspecified atom stereocenters. The van der Waals surface area contributed by atoms with Crippen molar-refractivity contribution in [3.05, 3.63) is 5.01 Å². The highest BCUT2D eigenvalue weighted by Crippen LogP contribution is 2.33. The summed E-state index contributed by atoms with van der Waals surface area (Å²) in [5, 5.41) is 18.0. The van der Waals surface area contributed by atoms with Gasteiger partial charge in [0, 0.05) is 12.1 Å². The molecule has 2 aliphatic rings. The number of hydrogen-bond donors (Lipinski definition) is 2. The number of nitrogens with zero attached hydrogens (tertiary/aromatic N) is 2. The van der Waals surface area contributed by atoms with E-state index in [9.17, 15) is 0 Å². The molecule has 3 atom stereocenters. The van der Waals surface area contributed by atoms with Crippen LogP contribution in [0.3, 0.4) is 0 Å². The van der Waals surface area contributed by atoms with Crippen LogP contribution in [-0.4, -0.2) is 28.8 Å². The molecule has 2 heterocycles. The largest absolute Gasteiger partial charge is 0.357 e. The van der Waals surface area contributed by atoms with Crippen LogP contribution >= 0.6 is 11.3 Å². The normalized spacial score (nSPS) is 31.5. The predicted octanol–water partition coefficient (Wildman–Crippen LogP) is 2.82. The summed E-state index contributed by atoms with van der Waals surface area (Å²) in [6.45, 7) is 3.34. The number of nitrogens with one attached hydrogen (secondary N) is 2. The van der Waals surface area contributed by atoms with Crippen LogP contribution in [0.5, 0.6) is 0 Å². The van der Waals surface area contributed by atoms with Gasteiger partial charge in [0.05, 0.1) is 0 Å². The lowest BCUT2D eigenvalue weighted by Crippen LogP contribution is -2.43. The van der Waals surface area contributed by atoms with Crippen LogP contribution < -0.4 is 10.6 Å². The van der Waals surface area contributed by atoms with E-state index in [1.165, 1.54) is 45.1 Å². The van der Waals surface area contributed by atoms with E-state index in [1.807, 2.05) is 0 Å². The third kappa shape index (κ3) is 3.08. The lowest BCUT2D eigenvalue weighted by molar-refractivity contribution is 0.262. The van der Waals surface area contributed by atoms with E-state index >= 15 is 0 Å². The van der Waals surface area contributed by atoms with Gasteiger partial charge in [0.25, 0.3) is 0 Å². The fraction of sp³-hybridized carbons (Fsp3) is 0.857. The summed E-state index contributed by atoms with van der Waals surface area (Å²) in [6, 6.07) is 1.30. The quantitative estimate of drug-likeness (QED) is 0.890. The maximum Gasteiger partial charge on any atom is 0.205 e. The predicted molar refractivity (Wildman–Crippen MR) is 79.7 cm³/mol. The third-order valence-electron chi connectivity index (χ3n) is 4.51. The van der Waals surface area contributed by atoms with Crippen molar-refractivity contribution in [3.8, 4) is 0 Å². The average molecular weight is 280 g/mol. The zero-order valence-electron chi connectivity index (χ0n) is 11.7. The molecule has 1 aromatic heterocycles. The standard InChI is InChI=1S/C14H24N4S/c1-2-13-17-18-14(19-13)16-12-7-4-3-6-10(12)11-8-5-9-15-11/h10-12,15H,2-9H2,1H3,(H,16,18). The number of aryl methyl sites for hydroxylation is 1. The van der Waals surface area contributed by atoms with Crippen LogP contribution in [0.1, 0.15) is 50.5 Å². The molecule has 2 N–H and O–H groups in total. The Hall–Kier alpha value is -0.680. The van der Waals surface area contributed by atoms with E-state index in [4.69, 9.17) is 0 Å². The minimum absolute atomic E-state index is 0.585. The molecule has 1 aliphatic carbocycles. The van der Waals surface area contributed by atoms with E-state index in [1.54, 1.807) is 11.3 Å². The second-order valence-corrected chi connectivity index (χ2v) is 6.82. The third-order valence-corrected chi connectivity index (χ3v) is 5.51. The van der Waals surface area contributed by atoms with Crippen LogP contribution in [-0.2, 0) is 6.42 Å². The van der Waals surface area contributed by atoms with E-state index in [0.717, 1.165) is 28.5 Å². The summed E-state index contributed by atoms with van der Waals surface area (Å²) in [5.41, 5.74) is 0. The van der Waals surface area contributed by atoms with Crippen LogP contribution in [0.2, 0.25) is 0 Å². The second-order valence-electron chi connectivity index (χ2n) is 5.76. The molecule has 5 heteroatoms. The smallest absolute Gasteiger partial charge is 0.205 e. The van der Waals surface area contributed by atoms with Crippen molar-refractivity contribution >= 4 is 16.5 Å². The number of hydrogen-bond acceptors (Lipinski definition) is 5. The molecule has 0 aromatic carbocycles. The summed E-state index contributed by atoms with van der Waals surface area (Å²) in [4.78, 5) is 0. The molecular weight excluding hydrogens is 256 g/mol. The van der Waals surface area contributed by atoms with Gasteiger partial charge in [-0.25, -0.2) is 0 Å². The lowest BCUT2D eigenvalue weighted by Gasteiger charge is -2.36. The Labute approximate surface area is 119 Å². The van der Waals surface area contributed by atoms with Gasteiger partial charge in [-0.1, -0.05) is 31.1 Å². The van der Waals surface area contributed by atoms with Gasteiger partial charge < -0.3 is 10.6 Å². The van der Waals surface area contributed by atoms with Crippen molar-refractivity contribution in [1.82, 2.24) is 15.5 Å². The summed E-state index contributed by atoms with van der Waals surface area (Å²) in [5.74, 6) is 0.769. The average Bonchev–Trinajstić information content (AvgIpc) is 3.10. The van der Waals surface area contributed by atoms with Gasteiger partial charge >= 0.3 is 0 Å². The fourth-order valence-electron chi connectivity index (χ4n) is 3.51. The Morgan fingerprint density at radius 1 is 1.21 bits per heavy atom. The Kier molecular flexibility index (Phi) is 4.33. The maximum absolute atomic E-state index is 4.28. The molecule has 0 amide bonds. The van der Waals surface area contributed by atoms with Crippen LogP contribution in [0.25, 0.3) is 0 Å². The van der Waals surface area contributed by atoms with Crippen molar-refractivity contribution in [3.63, 3.8) is 0 Å². The summed E-state index contributed by atoms with van der Waals surface area (Å²) in [6.07, 6.45) is 9.04. The first-order chi connectivity index (χ1) is 9.36. The first-order valence-electron chi connectivity index (χ1n) is 7.69.